The van der Waals surface area contributed by atoms with Gasteiger partial charge in [-0.15, -0.1) is 0 Å². The van der Waals surface area contributed by atoms with Crippen LogP contribution in [-0.4, -0.2) is 23.8 Å². The van der Waals surface area contributed by atoms with Gasteiger partial charge in [0, 0.05) is 17.3 Å². The van der Waals surface area contributed by atoms with E-state index in [1.54, 1.807) is 24.3 Å². The summed E-state index contributed by atoms with van der Waals surface area (Å²) in [5.74, 6) is 0.197. The van der Waals surface area contributed by atoms with Crippen LogP contribution in [0.3, 0.4) is 0 Å². The monoisotopic (exact) mass is 270 g/mol. The van der Waals surface area contributed by atoms with Gasteiger partial charge < -0.3 is 15.7 Å². The van der Waals surface area contributed by atoms with E-state index in [-0.39, 0.29) is 11.9 Å². The largest absolute Gasteiger partial charge is 0.393 e. The van der Waals surface area contributed by atoms with Crippen molar-refractivity contribution in [1.29, 1.82) is 0 Å². The second-order valence-electron chi connectivity index (χ2n) is 4.49. The van der Waals surface area contributed by atoms with Crippen molar-refractivity contribution >= 4 is 23.3 Å². The van der Waals surface area contributed by atoms with Crippen LogP contribution in [0.5, 0.6) is 0 Å². The zero-order valence-electron chi connectivity index (χ0n) is 10.6. The van der Waals surface area contributed by atoms with E-state index in [9.17, 15) is 9.90 Å². The summed E-state index contributed by atoms with van der Waals surface area (Å²) in [6, 6.07) is 6.64. The first-order valence-electron chi connectivity index (χ1n) is 5.97. The van der Waals surface area contributed by atoms with Gasteiger partial charge in [0.25, 0.3) is 0 Å². The van der Waals surface area contributed by atoms with Crippen molar-refractivity contribution in [3.05, 3.63) is 29.3 Å². The molecule has 18 heavy (non-hydrogen) atoms. The fourth-order valence-electron chi connectivity index (χ4n) is 1.41. The average molecular weight is 271 g/mol. The van der Waals surface area contributed by atoms with Crippen molar-refractivity contribution in [3.63, 3.8) is 0 Å². The molecule has 0 aliphatic rings. The number of nitrogens with one attached hydrogen (secondary N) is 2. The molecule has 0 saturated heterocycles. The van der Waals surface area contributed by atoms with Crippen LogP contribution in [0.1, 0.15) is 20.3 Å². The van der Waals surface area contributed by atoms with Crippen molar-refractivity contribution < 1.29 is 9.90 Å². The lowest BCUT2D eigenvalue weighted by Gasteiger charge is -2.14. The zero-order valence-corrected chi connectivity index (χ0v) is 11.4. The predicted molar refractivity (Wildman–Crippen MR) is 73.9 cm³/mol. The summed E-state index contributed by atoms with van der Waals surface area (Å²) in [6.07, 6.45) is 0.150. The molecule has 0 radical (unpaired) electrons. The number of amides is 2. The van der Waals surface area contributed by atoms with E-state index >= 15 is 0 Å². The molecular formula is C13H19ClN2O2. The first-order chi connectivity index (χ1) is 8.49. The van der Waals surface area contributed by atoms with Gasteiger partial charge in [-0.25, -0.2) is 4.79 Å². The van der Waals surface area contributed by atoms with Crippen LogP contribution in [0, 0.1) is 5.92 Å². The summed E-state index contributed by atoms with van der Waals surface area (Å²) in [7, 11) is 0. The van der Waals surface area contributed by atoms with Gasteiger partial charge in [0.2, 0.25) is 0 Å². The van der Waals surface area contributed by atoms with Gasteiger partial charge in [-0.2, -0.15) is 0 Å². The van der Waals surface area contributed by atoms with Gasteiger partial charge in [0.05, 0.1) is 6.10 Å². The van der Waals surface area contributed by atoms with Gasteiger partial charge >= 0.3 is 6.03 Å². The number of carbonyl (C=O) groups excluding carboxylic acids is 1. The summed E-state index contributed by atoms with van der Waals surface area (Å²) >= 11 is 5.80. The molecule has 1 atom stereocenters. The van der Waals surface area contributed by atoms with Gasteiger partial charge in [-0.05, 0) is 30.5 Å². The molecule has 0 saturated carbocycles. The SMILES string of the molecule is CC(C)C(O)CCNC(=O)Nc1cccc(Cl)c1. The molecular weight excluding hydrogens is 252 g/mol. The molecule has 100 valence electrons. The lowest BCUT2D eigenvalue weighted by molar-refractivity contribution is 0.117. The molecule has 0 aliphatic carbocycles. The number of anilines is 1. The summed E-state index contributed by atoms with van der Waals surface area (Å²) in [5.41, 5.74) is 0.643. The molecule has 5 heteroatoms. The number of urea groups is 1. The average Bonchev–Trinajstić information content (AvgIpc) is 2.28. The van der Waals surface area contributed by atoms with Gasteiger partial charge in [-0.1, -0.05) is 31.5 Å². The maximum absolute atomic E-state index is 11.5. The lowest BCUT2D eigenvalue weighted by Crippen LogP contribution is -2.32. The van der Waals surface area contributed by atoms with E-state index in [1.807, 2.05) is 13.8 Å². The van der Waals surface area contributed by atoms with Crippen LogP contribution < -0.4 is 10.6 Å². The maximum Gasteiger partial charge on any atom is 0.319 e. The Morgan fingerprint density at radius 2 is 2.17 bits per heavy atom. The Labute approximate surface area is 112 Å². The van der Waals surface area contributed by atoms with Gasteiger partial charge in [0.15, 0.2) is 0 Å². The highest BCUT2D eigenvalue weighted by Crippen LogP contribution is 2.14. The highest BCUT2D eigenvalue weighted by atomic mass is 35.5. The molecule has 1 aromatic carbocycles. The number of aliphatic hydroxyl groups excluding tert-OH is 1. The second-order valence-corrected chi connectivity index (χ2v) is 4.93. The van der Waals surface area contributed by atoms with E-state index in [1.165, 1.54) is 0 Å². The molecule has 0 aromatic heterocycles. The van der Waals surface area contributed by atoms with Crippen molar-refractivity contribution in [2.75, 3.05) is 11.9 Å². The first kappa shape index (κ1) is 14.8. The number of benzene rings is 1. The molecule has 0 heterocycles. The third kappa shape index (κ3) is 5.38. The molecule has 0 aliphatic heterocycles. The van der Waals surface area contributed by atoms with Crippen LogP contribution in [0.2, 0.25) is 5.02 Å². The van der Waals surface area contributed by atoms with Gasteiger partial charge in [0.1, 0.15) is 0 Å². The Morgan fingerprint density at radius 1 is 1.44 bits per heavy atom. The third-order valence-electron chi connectivity index (χ3n) is 2.58. The second kappa shape index (κ2) is 7.24. The van der Waals surface area contributed by atoms with Crippen LogP contribution in [-0.2, 0) is 0 Å². The molecule has 0 bridgehead atoms. The predicted octanol–water partition coefficient (Wildman–Crippen LogP) is 2.87. The van der Waals surface area contributed by atoms with Crippen LogP contribution in [0.25, 0.3) is 0 Å². The van der Waals surface area contributed by atoms with Crippen molar-refractivity contribution in [2.24, 2.45) is 5.92 Å². The highest BCUT2D eigenvalue weighted by molar-refractivity contribution is 6.30. The number of halogens is 1. The van der Waals surface area contributed by atoms with Crippen molar-refractivity contribution in [2.45, 2.75) is 26.4 Å². The van der Waals surface area contributed by atoms with E-state index in [0.29, 0.717) is 23.7 Å². The minimum Gasteiger partial charge on any atom is -0.393 e. The van der Waals surface area contributed by atoms with E-state index in [4.69, 9.17) is 11.6 Å². The molecule has 3 N–H and O–H groups in total. The summed E-state index contributed by atoms with van der Waals surface area (Å²) in [4.78, 5) is 11.5. The Hall–Kier alpha value is -1.26. The van der Waals surface area contributed by atoms with Crippen LogP contribution in [0.4, 0.5) is 10.5 Å². The molecule has 2 amide bonds. The first-order valence-corrected chi connectivity index (χ1v) is 6.35. The molecule has 1 unspecified atom stereocenters. The number of hydrogen-bond acceptors (Lipinski definition) is 2. The topological polar surface area (TPSA) is 61.4 Å². The Bertz CT molecular complexity index is 396. The van der Waals surface area contributed by atoms with E-state index in [2.05, 4.69) is 10.6 Å². The van der Waals surface area contributed by atoms with Crippen molar-refractivity contribution in [1.82, 2.24) is 5.32 Å². The fraction of sp³-hybridized carbons (Fsp3) is 0.462. The Morgan fingerprint density at radius 3 is 2.78 bits per heavy atom. The maximum atomic E-state index is 11.5. The molecule has 1 rings (SSSR count). The number of aliphatic hydroxyl groups is 1. The highest BCUT2D eigenvalue weighted by Gasteiger charge is 2.09. The van der Waals surface area contributed by atoms with Crippen LogP contribution in [0.15, 0.2) is 24.3 Å². The summed E-state index contributed by atoms with van der Waals surface area (Å²) < 4.78 is 0. The van der Waals surface area contributed by atoms with Crippen molar-refractivity contribution in [3.8, 4) is 0 Å². The number of rotatable bonds is 5. The minimum atomic E-state index is -0.392. The molecule has 4 nitrogen and oxygen atoms in total. The molecule has 0 spiro atoms. The van der Waals surface area contributed by atoms with E-state index in [0.717, 1.165) is 0 Å². The Kier molecular flexibility index (Phi) is 5.95. The molecule has 0 fully saturated rings. The van der Waals surface area contributed by atoms with Gasteiger partial charge in [-0.3, -0.25) is 0 Å². The smallest absolute Gasteiger partial charge is 0.319 e. The quantitative estimate of drug-likeness (QED) is 0.770. The minimum absolute atomic E-state index is 0.197. The molecule has 1 aromatic rings. The zero-order chi connectivity index (χ0) is 13.5. The summed E-state index contributed by atoms with van der Waals surface area (Å²) in [6.45, 7) is 4.32. The fourth-order valence-corrected chi connectivity index (χ4v) is 1.60. The van der Waals surface area contributed by atoms with E-state index < -0.39 is 6.10 Å². The standard InChI is InChI=1S/C13H19ClN2O2/c1-9(2)12(17)6-7-15-13(18)16-11-5-3-4-10(14)8-11/h3-5,8-9,12,17H,6-7H2,1-2H3,(H2,15,16,18). The third-order valence-corrected chi connectivity index (χ3v) is 2.81. The lowest BCUT2D eigenvalue weighted by atomic mass is 10.0. The normalized spacial score (nSPS) is 12.3. The number of hydrogen-bond donors (Lipinski definition) is 3. The number of carbonyl (C=O) groups is 1. The summed E-state index contributed by atoms with van der Waals surface area (Å²) in [5, 5.41) is 15.5. The van der Waals surface area contributed by atoms with Crippen LogP contribution >= 0.6 is 11.6 Å². The Balaban J connectivity index is 2.30.